The number of hydrogen-bond donors (Lipinski definition) is 3. The van der Waals surface area contributed by atoms with Crippen LogP contribution in [0, 0.1) is 0 Å². The summed E-state index contributed by atoms with van der Waals surface area (Å²) in [6.07, 6.45) is 1.79. The number of carbonyl (C=O) groups excluding carboxylic acids is 1. The van der Waals surface area contributed by atoms with Gasteiger partial charge in [0.2, 0.25) is 5.91 Å². The Morgan fingerprint density at radius 2 is 2.00 bits per heavy atom. The standard InChI is InChI=1S/C19H32N4O3/c1-4-16-8-6-9-17(14-16)23-18(24)15-22-19(20-5-2)21-10-7-11-26-13-12-25-3/h6,8-9,14H,4-5,7,10-13,15H2,1-3H3,(H,23,24)(H2,20,21,22). The summed E-state index contributed by atoms with van der Waals surface area (Å²) < 4.78 is 10.3. The largest absolute Gasteiger partial charge is 0.382 e. The maximum absolute atomic E-state index is 12.1. The van der Waals surface area contributed by atoms with Gasteiger partial charge in [0.1, 0.15) is 6.54 Å². The summed E-state index contributed by atoms with van der Waals surface area (Å²) in [6.45, 7) is 7.46. The van der Waals surface area contributed by atoms with E-state index in [1.165, 1.54) is 5.56 Å². The summed E-state index contributed by atoms with van der Waals surface area (Å²) in [5.74, 6) is 0.486. The molecule has 0 saturated carbocycles. The Kier molecular flexibility index (Phi) is 11.9. The van der Waals surface area contributed by atoms with E-state index >= 15 is 0 Å². The van der Waals surface area contributed by atoms with Crippen molar-refractivity contribution in [3.8, 4) is 0 Å². The highest BCUT2D eigenvalue weighted by Gasteiger charge is 2.03. The van der Waals surface area contributed by atoms with Gasteiger partial charge in [-0.15, -0.1) is 0 Å². The molecular weight excluding hydrogens is 332 g/mol. The van der Waals surface area contributed by atoms with E-state index < -0.39 is 0 Å². The number of guanidine groups is 1. The quantitative estimate of drug-likeness (QED) is 0.299. The van der Waals surface area contributed by atoms with Crippen LogP contribution in [0.15, 0.2) is 29.3 Å². The molecule has 1 rings (SSSR count). The van der Waals surface area contributed by atoms with Crippen LogP contribution in [0.1, 0.15) is 25.8 Å². The molecule has 0 saturated heterocycles. The van der Waals surface area contributed by atoms with Crippen molar-refractivity contribution in [2.75, 3.05) is 51.9 Å². The molecule has 0 heterocycles. The Morgan fingerprint density at radius 3 is 2.73 bits per heavy atom. The summed E-state index contributed by atoms with van der Waals surface area (Å²) in [7, 11) is 1.65. The molecule has 1 amide bonds. The monoisotopic (exact) mass is 364 g/mol. The summed E-state index contributed by atoms with van der Waals surface area (Å²) in [6, 6.07) is 7.85. The van der Waals surface area contributed by atoms with Crippen molar-refractivity contribution in [3.05, 3.63) is 29.8 Å². The van der Waals surface area contributed by atoms with Crippen molar-refractivity contribution < 1.29 is 14.3 Å². The lowest BCUT2D eigenvalue weighted by Crippen LogP contribution is -2.38. The van der Waals surface area contributed by atoms with Gasteiger partial charge in [-0.1, -0.05) is 19.1 Å². The number of methoxy groups -OCH3 is 1. The third-order valence-electron chi connectivity index (χ3n) is 3.53. The van der Waals surface area contributed by atoms with E-state index in [9.17, 15) is 4.79 Å². The first-order chi connectivity index (χ1) is 12.7. The van der Waals surface area contributed by atoms with E-state index in [2.05, 4.69) is 27.9 Å². The number of nitrogens with one attached hydrogen (secondary N) is 3. The van der Waals surface area contributed by atoms with Crippen molar-refractivity contribution in [2.24, 2.45) is 4.99 Å². The number of nitrogens with zero attached hydrogens (tertiary/aromatic N) is 1. The lowest BCUT2D eigenvalue weighted by Gasteiger charge is -2.11. The number of amides is 1. The molecule has 0 fully saturated rings. The fourth-order valence-corrected chi connectivity index (χ4v) is 2.19. The minimum atomic E-state index is -0.140. The third-order valence-corrected chi connectivity index (χ3v) is 3.53. The molecule has 0 atom stereocenters. The minimum Gasteiger partial charge on any atom is -0.382 e. The number of hydrogen-bond acceptors (Lipinski definition) is 4. The molecule has 0 spiro atoms. The smallest absolute Gasteiger partial charge is 0.246 e. The Labute approximate surface area is 156 Å². The topological polar surface area (TPSA) is 84.0 Å². The number of anilines is 1. The van der Waals surface area contributed by atoms with E-state index in [0.29, 0.717) is 25.8 Å². The van der Waals surface area contributed by atoms with Crippen molar-refractivity contribution in [3.63, 3.8) is 0 Å². The molecule has 26 heavy (non-hydrogen) atoms. The minimum absolute atomic E-state index is 0.0655. The molecule has 0 unspecified atom stereocenters. The number of benzene rings is 1. The molecule has 3 N–H and O–H groups in total. The fraction of sp³-hybridized carbons (Fsp3) is 0.579. The Hall–Kier alpha value is -2.12. The zero-order valence-corrected chi connectivity index (χ0v) is 16.1. The normalized spacial score (nSPS) is 11.3. The van der Waals surface area contributed by atoms with Crippen LogP contribution in [0.3, 0.4) is 0 Å². The summed E-state index contributed by atoms with van der Waals surface area (Å²) in [4.78, 5) is 16.4. The molecule has 7 nitrogen and oxygen atoms in total. The van der Waals surface area contributed by atoms with Crippen LogP contribution in [0.4, 0.5) is 5.69 Å². The molecule has 1 aromatic carbocycles. The van der Waals surface area contributed by atoms with Gasteiger partial charge in [-0.05, 0) is 37.5 Å². The number of aliphatic imine (C=N–C) groups is 1. The van der Waals surface area contributed by atoms with Gasteiger partial charge in [0, 0.05) is 32.5 Å². The third kappa shape index (κ3) is 10.0. The van der Waals surface area contributed by atoms with Gasteiger partial charge in [0.15, 0.2) is 5.96 Å². The average Bonchev–Trinajstić information content (AvgIpc) is 2.65. The van der Waals surface area contributed by atoms with Crippen LogP contribution in [-0.4, -0.2) is 58.4 Å². The van der Waals surface area contributed by atoms with E-state index in [1.807, 2.05) is 31.2 Å². The van der Waals surface area contributed by atoms with E-state index in [-0.39, 0.29) is 12.5 Å². The second-order valence-corrected chi connectivity index (χ2v) is 5.68. The van der Waals surface area contributed by atoms with Gasteiger partial charge >= 0.3 is 0 Å². The van der Waals surface area contributed by atoms with Crippen LogP contribution in [0.2, 0.25) is 0 Å². The molecule has 0 bridgehead atoms. The Morgan fingerprint density at radius 1 is 1.15 bits per heavy atom. The van der Waals surface area contributed by atoms with Gasteiger partial charge in [-0.2, -0.15) is 0 Å². The maximum Gasteiger partial charge on any atom is 0.246 e. The first-order valence-electron chi connectivity index (χ1n) is 9.17. The van der Waals surface area contributed by atoms with Crippen LogP contribution >= 0.6 is 0 Å². The van der Waals surface area contributed by atoms with Gasteiger partial charge in [-0.3, -0.25) is 4.79 Å². The van der Waals surface area contributed by atoms with Crippen LogP contribution in [0.5, 0.6) is 0 Å². The summed E-state index contributed by atoms with van der Waals surface area (Å²) >= 11 is 0. The predicted octanol–water partition coefficient (Wildman–Crippen LogP) is 1.80. The molecule has 7 heteroatoms. The summed E-state index contributed by atoms with van der Waals surface area (Å²) in [5, 5.41) is 9.20. The van der Waals surface area contributed by atoms with Gasteiger partial charge in [0.05, 0.1) is 13.2 Å². The van der Waals surface area contributed by atoms with Crippen LogP contribution in [-0.2, 0) is 20.7 Å². The fourth-order valence-electron chi connectivity index (χ4n) is 2.19. The lowest BCUT2D eigenvalue weighted by molar-refractivity contribution is -0.114. The first-order valence-corrected chi connectivity index (χ1v) is 9.17. The maximum atomic E-state index is 12.1. The Bertz CT molecular complexity index is 549. The highest BCUT2D eigenvalue weighted by atomic mass is 16.5. The second-order valence-electron chi connectivity index (χ2n) is 5.68. The lowest BCUT2D eigenvalue weighted by atomic mass is 10.1. The van der Waals surface area contributed by atoms with Crippen molar-refractivity contribution in [1.82, 2.24) is 10.6 Å². The molecule has 1 aromatic rings. The van der Waals surface area contributed by atoms with Gasteiger partial charge < -0.3 is 25.4 Å². The van der Waals surface area contributed by atoms with Crippen molar-refractivity contribution >= 4 is 17.6 Å². The van der Waals surface area contributed by atoms with Crippen LogP contribution < -0.4 is 16.0 Å². The second kappa shape index (κ2) is 14.1. The number of rotatable bonds is 12. The van der Waals surface area contributed by atoms with Gasteiger partial charge in [-0.25, -0.2) is 4.99 Å². The van der Waals surface area contributed by atoms with Crippen molar-refractivity contribution in [1.29, 1.82) is 0 Å². The summed E-state index contributed by atoms with van der Waals surface area (Å²) in [5.41, 5.74) is 1.99. The van der Waals surface area contributed by atoms with E-state index in [4.69, 9.17) is 9.47 Å². The first kappa shape index (κ1) is 21.9. The molecule has 0 aliphatic heterocycles. The SMILES string of the molecule is CCNC(=NCC(=O)Nc1cccc(CC)c1)NCCCOCCOC. The molecule has 0 aliphatic carbocycles. The molecule has 0 aliphatic rings. The predicted molar refractivity (Wildman–Crippen MR) is 106 cm³/mol. The molecule has 0 radical (unpaired) electrons. The highest BCUT2D eigenvalue weighted by Crippen LogP contribution is 2.10. The van der Waals surface area contributed by atoms with Gasteiger partial charge in [0.25, 0.3) is 0 Å². The molecule has 146 valence electrons. The van der Waals surface area contributed by atoms with Crippen molar-refractivity contribution in [2.45, 2.75) is 26.7 Å². The number of ether oxygens (including phenoxy) is 2. The van der Waals surface area contributed by atoms with Crippen LogP contribution in [0.25, 0.3) is 0 Å². The zero-order valence-electron chi connectivity index (χ0n) is 16.1. The number of aryl methyl sites for hydroxylation is 1. The Balaban J connectivity index is 2.35. The molecular formula is C19H32N4O3. The number of carbonyl (C=O) groups is 1. The van der Waals surface area contributed by atoms with E-state index in [0.717, 1.165) is 31.6 Å². The zero-order chi connectivity index (χ0) is 19.0. The highest BCUT2D eigenvalue weighted by molar-refractivity contribution is 5.94. The average molecular weight is 364 g/mol. The van der Waals surface area contributed by atoms with E-state index in [1.54, 1.807) is 7.11 Å². The molecule has 0 aromatic heterocycles.